The van der Waals surface area contributed by atoms with Crippen molar-refractivity contribution >= 4 is 23.3 Å². The molecule has 2 N–H and O–H groups in total. The zero-order valence-corrected chi connectivity index (χ0v) is 13.7. The molecule has 1 aromatic heterocycles. The Morgan fingerprint density at radius 2 is 2.12 bits per heavy atom. The van der Waals surface area contributed by atoms with E-state index < -0.39 is 23.4 Å². The maximum absolute atomic E-state index is 13.3. The third-order valence-electron chi connectivity index (χ3n) is 3.20. The van der Waals surface area contributed by atoms with Crippen LogP contribution in [0.4, 0.5) is 4.39 Å². The Morgan fingerprint density at radius 3 is 2.71 bits per heavy atom. The van der Waals surface area contributed by atoms with Crippen molar-refractivity contribution < 1.29 is 14.0 Å². The van der Waals surface area contributed by atoms with Gasteiger partial charge in [-0.3, -0.25) is 14.7 Å². The van der Waals surface area contributed by atoms with Crippen LogP contribution in [-0.4, -0.2) is 27.9 Å². The minimum atomic E-state index is -1.50. The molecule has 8 heteroatoms. The Morgan fingerprint density at radius 1 is 1.42 bits per heavy atom. The predicted octanol–water partition coefficient (Wildman–Crippen LogP) is 2.72. The van der Waals surface area contributed by atoms with Crippen LogP contribution in [0.3, 0.4) is 0 Å². The van der Waals surface area contributed by atoms with Crippen LogP contribution in [0.5, 0.6) is 0 Å². The fraction of sp³-hybridized carbons (Fsp3) is 0.250. The number of carbonyl (C=O) groups excluding carboxylic acids is 2. The quantitative estimate of drug-likeness (QED) is 0.641. The number of nitrogens with zero attached hydrogens (tertiary/aromatic N) is 2. The molecule has 0 spiro atoms. The molecule has 1 amide bonds. The first kappa shape index (κ1) is 17.6. The summed E-state index contributed by atoms with van der Waals surface area (Å²) in [6.07, 6.45) is 1.22. The van der Waals surface area contributed by atoms with Crippen LogP contribution in [0.25, 0.3) is 11.3 Å². The number of nitrogens with one attached hydrogen (secondary N) is 2. The van der Waals surface area contributed by atoms with Crippen LogP contribution in [0.15, 0.2) is 24.4 Å². The Labute approximate surface area is 142 Å². The number of amides is 1. The van der Waals surface area contributed by atoms with Gasteiger partial charge in [-0.25, -0.2) is 4.39 Å². The number of hydrogen-bond donors (Lipinski definition) is 2. The molecule has 24 heavy (non-hydrogen) atoms. The molecule has 0 fully saturated rings. The molecule has 0 aliphatic carbocycles. The summed E-state index contributed by atoms with van der Waals surface area (Å²) >= 11 is 5.75. The first-order valence-corrected chi connectivity index (χ1v) is 7.46. The van der Waals surface area contributed by atoms with Gasteiger partial charge in [-0.2, -0.15) is 10.4 Å². The molecule has 0 aliphatic rings. The smallest absolute Gasteiger partial charge is 0.245 e. The van der Waals surface area contributed by atoms with E-state index >= 15 is 0 Å². The molecule has 0 aliphatic heterocycles. The minimum Gasteiger partial charge on any atom is -0.352 e. The number of aromatic amines is 1. The third-order valence-corrected chi connectivity index (χ3v) is 3.49. The Bertz CT molecular complexity index is 826. The van der Waals surface area contributed by atoms with Crippen molar-refractivity contribution in [1.82, 2.24) is 15.5 Å². The summed E-state index contributed by atoms with van der Waals surface area (Å²) in [4.78, 5) is 24.6. The van der Waals surface area contributed by atoms with E-state index in [2.05, 4.69) is 15.5 Å². The van der Waals surface area contributed by atoms with E-state index in [4.69, 9.17) is 11.6 Å². The fourth-order valence-electron chi connectivity index (χ4n) is 2.10. The Hall–Kier alpha value is -2.72. The van der Waals surface area contributed by atoms with E-state index in [1.54, 1.807) is 19.9 Å². The molecule has 1 heterocycles. The van der Waals surface area contributed by atoms with Crippen LogP contribution in [0.2, 0.25) is 5.02 Å². The highest BCUT2D eigenvalue weighted by Crippen LogP contribution is 2.27. The van der Waals surface area contributed by atoms with Gasteiger partial charge in [0.15, 0.2) is 11.7 Å². The highest BCUT2D eigenvalue weighted by Gasteiger charge is 2.30. The van der Waals surface area contributed by atoms with Crippen LogP contribution >= 0.6 is 11.6 Å². The number of ketones is 1. The highest BCUT2D eigenvalue weighted by atomic mass is 35.5. The lowest BCUT2D eigenvalue weighted by atomic mass is 9.96. The van der Waals surface area contributed by atoms with Crippen molar-refractivity contribution in [2.24, 2.45) is 5.92 Å². The summed E-state index contributed by atoms with van der Waals surface area (Å²) in [5.41, 5.74) is 0.742. The number of aromatic nitrogens is 2. The van der Waals surface area contributed by atoms with Gasteiger partial charge in [0.2, 0.25) is 5.91 Å². The maximum Gasteiger partial charge on any atom is 0.245 e. The normalized spacial score (nSPS) is 11.8. The van der Waals surface area contributed by atoms with E-state index in [9.17, 15) is 19.2 Å². The van der Waals surface area contributed by atoms with E-state index in [0.29, 0.717) is 5.56 Å². The molecule has 2 rings (SSSR count). The minimum absolute atomic E-state index is 0.0585. The van der Waals surface area contributed by atoms with Gasteiger partial charge in [0.05, 0.1) is 28.5 Å². The molecule has 0 bridgehead atoms. The summed E-state index contributed by atoms with van der Waals surface area (Å²) in [5, 5.41) is 18.0. The average Bonchev–Trinajstić information content (AvgIpc) is 2.99. The fourth-order valence-corrected chi connectivity index (χ4v) is 2.28. The number of nitriles is 1. The number of H-pyrrole nitrogens is 1. The number of carbonyl (C=O) groups is 2. The average molecular weight is 349 g/mol. The van der Waals surface area contributed by atoms with Gasteiger partial charge in [-0.1, -0.05) is 11.6 Å². The SMILES string of the molecule is CC(C)NC(=O)[C@H](C#N)C(=O)c1cn[nH]c1-c1ccc(F)c(Cl)c1. The Balaban J connectivity index is 2.38. The maximum atomic E-state index is 13.3. The summed E-state index contributed by atoms with van der Waals surface area (Å²) in [6.45, 7) is 3.45. The van der Waals surface area contributed by atoms with Crippen molar-refractivity contribution in [1.29, 1.82) is 5.26 Å². The van der Waals surface area contributed by atoms with Gasteiger partial charge < -0.3 is 5.32 Å². The summed E-state index contributed by atoms with van der Waals surface area (Å²) in [7, 11) is 0. The molecule has 1 aromatic carbocycles. The second-order valence-electron chi connectivity index (χ2n) is 5.38. The lowest BCUT2D eigenvalue weighted by molar-refractivity contribution is -0.122. The van der Waals surface area contributed by atoms with E-state index in [0.717, 1.165) is 6.07 Å². The summed E-state index contributed by atoms with van der Waals surface area (Å²) < 4.78 is 13.3. The zero-order valence-electron chi connectivity index (χ0n) is 12.9. The van der Waals surface area contributed by atoms with Gasteiger partial charge in [0.25, 0.3) is 0 Å². The van der Waals surface area contributed by atoms with Gasteiger partial charge in [0.1, 0.15) is 5.82 Å². The topological polar surface area (TPSA) is 98.6 Å². The number of rotatable bonds is 5. The second-order valence-corrected chi connectivity index (χ2v) is 5.78. The number of Topliss-reactive ketones (excluding diaryl/α,β-unsaturated/α-hetero) is 1. The largest absolute Gasteiger partial charge is 0.352 e. The molecule has 1 atom stereocenters. The second kappa shape index (κ2) is 7.23. The van der Waals surface area contributed by atoms with Crippen LogP contribution < -0.4 is 5.32 Å². The Kier molecular flexibility index (Phi) is 5.31. The van der Waals surface area contributed by atoms with Crippen molar-refractivity contribution in [3.8, 4) is 17.3 Å². The molecule has 0 saturated heterocycles. The molecule has 0 saturated carbocycles. The number of halogens is 2. The van der Waals surface area contributed by atoms with Crippen molar-refractivity contribution in [2.45, 2.75) is 19.9 Å². The highest BCUT2D eigenvalue weighted by molar-refractivity contribution is 6.31. The number of hydrogen-bond acceptors (Lipinski definition) is 4. The molecular weight excluding hydrogens is 335 g/mol. The zero-order chi connectivity index (χ0) is 17.9. The lowest BCUT2D eigenvalue weighted by Crippen LogP contribution is -2.38. The van der Waals surface area contributed by atoms with Crippen LogP contribution in [0, 0.1) is 23.1 Å². The monoisotopic (exact) mass is 348 g/mol. The first-order chi connectivity index (χ1) is 11.3. The molecule has 2 aromatic rings. The van der Waals surface area contributed by atoms with Crippen LogP contribution in [0.1, 0.15) is 24.2 Å². The van der Waals surface area contributed by atoms with Crippen molar-refractivity contribution in [2.75, 3.05) is 0 Å². The lowest BCUT2D eigenvalue weighted by Gasteiger charge is -2.12. The number of benzene rings is 1. The molecule has 0 radical (unpaired) electrons. The van der Waals surface area contributed by atoms with Crippen molar-refractivity contribution in [3.05, 3.63) is 40.8 Å². The molecule has 0 unspecified atom stereocenters. The van der Waals surface area contributed by atoms with E-state index in [1.807, 2.05) is 0 Å². The van der Waals surface area contributed by atoms with E-state index in [1.165, 1.54) is 18.3 Å². The van der Waals surface area contributed by atoms with E-state index in [-0.39, 0.29) is 22.3 Å². The van der Waals surface area contributed by atoms with Gasteiger partial charge in [-0.15, -0.1) is 0 Å². The standard InChI is InChI=1S/C16H14ClFN4O2/c1-8(2)21-16(24)10(6-19)15(23)11-7-20-22-14(11)9-3-4-13(18)12(17)5-9/h3-5,7-8,10H,1-2H3,(H,20,22)(H,21,24)/t10-/m1/s1. The summed E-state index contributed by atoms with van der Waals surface area (Å²) in [6, 6.07) is 5.40. The molecular formula is C16H14ClFN4O2. The molecule has 6 nitrogen and oxygen atoms in total. The summed E-state index contributed by atoms with van der Waals surface area (Å²) in [5.74, 6) is -3.47. The van der Waals surface area contributed by atoms with Gasteiger partial charge in [0, 0.05) is 11.6 Å². The first-order valence-electron chi connectivity index (χ1n) is 7.08. The van der Waals surface area contributed by atoms with Gasteiger partial charge >= 0.3 is 0 Å². The predicted molar refractivity (Wildman–Crippen MR) is 85.7 cm³/mol. The third kappa shape index (κ3) is 3.60. The van der Waals surface area contributed by atoms with Crippen molar-refractivity contribution in [3.63, 3.8) is 0 Å². The molecule has 124 valence electrons. The van der Waals surface area contributed by atoms with Gasteiger partial charge in [-0.05, 0) is 32.0 Å². The van der Waals surface area contributed by atoms with Crippen LogP contribution in [-0.2, 0) is 4.79 Å².